The van der Waals surface area contributed by atoms with Crippen LogP contribution in [0.1, 0.15) is 26.3 Å². The number of carboxylic acid groups (broad SMARTS) is 1. The molecule has 0 bridgehead atoms. The number of benzene rings is 1. The van der Waals surface area contributed by atoms with E-state index in [9.17, 15) is 9.90 Å². The van der Waals surface area contributed by atoms with E-state index in [-0.39, 0.29) is 0 Å². The number of hydrogen-bond acceptors (Lipinski definition) is 3. The van der Waals surface area contributed by atoms with Crippen molar-refractivity contribution in [3.63, 3.8) is 0 Å². The summed E-state index contributed by atoms with van der Waals surface area (Å²) in [7, 11) is 0. The van der Waals surface area contributed by atoms with E-state index in [1.807, 2.05) is 46.9 Å². The number of rotatable bonds is 6. The molecule has 0 saturated carbocycles. The number of aliphatic carboxylic acids is 1. The van der Waals surface area contributed by atoms with Crippen LogP contribution in [-0.4, -0.2) is 37.6 Å². The number of aromatic nitrogens is 2. The summed E-state index contributed by atoms with van der Waals surface area (Å²) < 4.78 is 1.93. The number of likely N-dealkylation sites (N-methyl/N-ethyl adjacent to an activating group) is 1. The molecule has 0 unspecified atom stereocenters. The Balaban J connectivity index is 2.14. The number of nitrogens with zero attached hydrogens (tertiary/aromatic N) is 3. The second-order valence-corrected chi connectivity index (χ2v) is 5.51. The molecule has 0 atom stereocenters. The first kappa shape index (κ1) is 15.3. The number of carbonyl (C=O) groups is 1. The molecule has 0 amide bonds. The molecule has 0 aliphatic carbocycles. The molecule has 21 heavy (non-hydrogen) atoms. The van der Waals surface area contributed by atoms with Crippen molar-refractivity contribution in [2.24, 2.45) is 0 Å². The van der Waals surface area contributed by atoms with E-state index in [2.05, 4.69) is 4.98 Å². The number of carboxylic acids is 1. The lowest BCUT2D eigenvalue weighted by molar-refractivity contribution is -0.149. The lowest BCUT2D eigenvalue weighted by Gasteiger charge is -2.34. The first-order valence-electron chi connectivity index (χ1n) is 7.01. The summed E-state index contributed by atoms with van der Waals surface area (Å²) in [5, 5.41) is 9.34. The molecule has 5 nitrogen and oxygen atoms in total. The van der Waals surface area contributed by atoms with Gasteiger partial charge in [-0.25, -0.2) is 4.98 Å². The van der Waals surface area contributed by atoms with Crippen LogP contribution < -0.4 is 0 Å². The third-order valence-electron chi connectivity index (χ3n) is 3.81. The molecule has 112 valence electrons. The van der Waals surface area contributed by atoms with E-state index in [0.29, 0.717) is 13.1 Å². The molecule has 0 aliphatic heterocycles. The fourth-order valence-electron chi connectivity index (χ4n) is 2.25. The third kappa shape index (κ3) is 3.31. The zero-order chi connectivity index (χ0) is 15.5. The Morgan fingerprint density at radius 1 is 1.33 bits per heavy atom. The number of hydrogen-bond donors (Lipinski definition) is 1. The summed E-state index contributed by atoms with van der Waals surface area (Å²) in [5.41, 5.74) is 1.25. The topological polar surface area (TPSA) is 58.4 Å². The Morgan fingerprint density at radius 2 is 2.00 bits per heavy atom. The van der Waals surface area contributed by atoms with Gasteiger partial charge in [0.15, 0.2) is 0 Å². The van der Waals surface area contributed by atoms with Crippen LogP contribution in [0, 0.1) is 0 Å². The van der Waals surface area contributed by atoms with E-state index in [4.69, 9.17) is 0 Å². The molecule has 0 aliphatic rings. The summed E-state index contributed by atoms with van der Waals surface area (Å²) in [6.07, 6.45) is 5.38. The minimum atomic E-state index is -0.877. The summed E-state index contributed by atoms with van der Waals surface area (Å²) in [4.78, 5) is 17.3. The monoisotopic (exact) mass is 287 g/mol. The average Bonchev–Trinajstić information content (AvgIpc) is 2.99. The SMILES string of the molecule is CCN(Cc1ccc(-n2ccnc2)cc1)C(C)(C)C(=O)O. The summed E-state index contributed by atoms with van der Waals surface area (Å²) in [5.74, 6) is -0.806. The largest absolute Gasteiger partial charge is 0.480 e. The quantitative estimate of drug-likeness (QED) is 0.887. The Hall–Kier alpha value is -2.14. The normalized spacial score (nSPS) is 11.8. The van der Waals surface area contributed by atoms with Crippen LogP contribution in [0.3, 0.4) is 0 Å². The molecule has 2 rings (SSSR count). The Kier molecular flexibility index (Phi) is 4.43. The molecule has 0 saturated heterocycles. The predicted octanol–water partition coefficient (Wildman–Crippen LogP) is 2.56. The smallest absolute Gasteiger partial charge is 0.323 e. The van der Waals surface area contributed by atoms with Gasteiger partial charge in [0.2, 0.25) is 0 Å². The van der Waals surface area contributed by atoms with E-state index in [1.54, 1.807) is 26.4 Å². The first-order valence-corrected chi connectivity index (χ1v) is 7.01. The zero-order valence-corrected chi connectivity index (χ0v) is 12.7. The second-order valence-electron chi connectivity index (χ2n) is 5.51. The second kappa shape index (κ2) is 6.10. The van der Waals surface area contributed by atoms with Crippen molar-refractivity contribution in [3.8, 4) is 5.69 Å². The number of imidazole rings is 1. The molecule has 5 heteroatoms. The van der Waals surface area contributed by atoms with Crippen LogP contribution >= 0.6 is 0 Å². The van der Waals surface area contributed by atoms with Crippen LogP contribution in [-0.2, 0) is 11.3 Å². The molecule has 1 heterocycles. The molecule has 1 N–H and O–H groups in total. The van der Waals surface area contributed by atoms with E-state index in [1.165, 1.54) is 0 Å². The van der Waals surface area contributed by atoms with Gasteiger partial charge in [-0.1, -0.05) is 19.1 Å². The van der Waals surface area contributed by atoms with Crippen LogP contribution in [0.2, 0.25) is 0 Å². The molecular formula is C16H21N3O2. The van der Waals surface area contributed by atoms with Gasteiger partial charge in [0, 0.05) is 24.6 Å². The van der Waals surface area contributed by atoms with E-state index < -0.39 is 11.5 Å². The van der Waals surface area contributed by atoms with Crippen molar-refractivity contribution in [1.29, 1.82) is 0 Å². The fourth-order valence-corrected chi connectivity index (χ4v) is 2.25. The highest BCUT2D eigenvalue weighted by molar-refractivity contribution is 5.77. The lowest BCUT2D eigenvalue weighted by Crippen LogP contribution is -2.49. The Morgan fingerprint density at radius 3 is 2.48 bits per heavy atom. The first-order chi connectivity index (χ1) is 9.95. The predicted molar refractivity (Wildman–Crippen MR) is 81.4 cm³/mol. The highest BCUT2D eigenvalue weighted by atomic mass is 16.4. The average molecular weight is 287 g/mol. The van der Waals surface area contributed by atoms with Gasteiger partial charge in [-0.2, -0.15) is 0 Å². The molecule has 0 spiro atoms. The third-order valence-corrected chi connectivity index (χ3v) is 3.81. The summed E-state index contributed by atoms with van der Waals surface area (Å²) in [6, 6.07) is 8.07. The minimum absolute atomic E-state index is 0.611. The highest BCUT2D eigenvalue weighted by Crippen LogP contribution is 2.19. The van der Waals surface area contributed by atoms with Crippen molar-refractivity contribution in [2.75, 3.05) is 6.54 Å². The van der Waals surface area contributed by atoms with Gasteiger partial charge in [-0.15, -0.1) is 0 Å². The molecule has 2 aromatic rings. The maximum absolute atomic E-state index is 11.4. The van der Waals surface area contributed by atoms with Crippen LogP contribution in [0.15, 0.2) is 43.0 Å². The van der Waals surface area contributed by atoms with Gasteiger partial charge in [0.05, 0.1) is 6.33 Å². The fraction of sp³-hybridized carbons (Fsp3) is 0.375. The molecule has 1 aromatic heterocycles. The van der Waals surface area contributed by atoms with Crippen molar-refractivity contribution in [1.82, 2.24) is 14.5 Å². The van der Waals surface area contributed by atoms with Crippen LogP contribution in [0.5, 0.6) is 0 Å². The molecule has 0 fully saturated rings. The van der Waals surface area contributed by atoms with Crippen molar-refractivity contribution in [3.05, 3.63) is 48.5 Å². The van der Waals surface area contributed by atoms with Crippen LogP contribution in [0.25, 0.3) is 5.69 Å². The van der Waals surface area contributed by atoms with E-state index in [0.717, 1.165) is 11.3 Å². The standard InChI is InChI=1S/C16H21N3O2/c1-4-19(16(2,3)15(20)21)11-13-5-7-14(8-6-13)18-10-9-17-12-18/h5-10,12H,4,11H2,1-3H3,(H,20,21). The maximum atomic E-state index is 11.4. The van der Waals surface area contributed by atoms with Crippen LogP contribution in [0.4, 0.5) is 0 Å². The minimum Gasteiger partial charge on any atom is -0.480 e. The van der Waals surface area contributed by atoms with Gasteiger partial charge >= 0.3 is 5.97 Å². The van der Waals surface area contributed by atoms with E-state index >= 15 is 0 Å². The van der Waals surface area contributed by atoms with Crippen molar-refractivity contribution in [2.45, 2.75) is 32.9 Å². The van der Waals surface area contributed by atoms with Gasteiger partial charge in [-0.05, 0) is 38.1 Å². The van der Waals surface area contributed by atoms with Gasteiger partial charge < -0.3 is 9.67 Å². The Labute approximate surface area is 124 Å². The molecule has 1 aromatic carbocycles. The van der Waals surface area contributed by atoms with Crippen molar-refractivity contribution >= 4 is 5.97 Å². The Bertz CT molecular complexity index is 588. The maximum Gasteiger partial charge on any atom is 0.323 e. The molecular weight excluding hydrogens is 266 g/mol. The lowest BCUT2D eigenvalue weighted by atomic mass is 10.0. The highest BCUT2D eigenvalue weighted by Gasteiger charge is 2.33. The van der Waals surface area contributed by atoms with Gasteiger partial charge in [0.1, 0.15) is 5.54 Å². The molecule has 0 radical (unpaired) electrons. The van der Waals surface area contributed by atoms with Crippen molar-refractivity contribution < 1.29 is 9.90 Å². The summed E-state index contributed by atoms with van der Waals surface area (Å²) in [6.45, 7) is 6.74. The zero-order valence-electron chi connectivity index (χ0n) is 12.7. The van der Waals surface area contributed by atoms with Gasteiger partial charge in [-0.3, -0.25) is 9.69 Å². The van der Waals surface area contributed by atoms with Gasteiger partial charge in [0.25, 0.3) is 0 Å². The summed E-state index contributed by atoms with van der Waals surface area (Å²) >= 11 is 0.